The van der Waals surface area contributed by atoms with E-state index in [1.54, 1.807) is 13.8 Å². The fourth-order valence-electron chi connectivity index (χ4n) is 10.3. The van der Waals surface area contributed by atoms with Gasteiger partial charge < -0.3 is 44.1 Å². The first-order chi connectivity index (χ1) is 40.6. The van der Waals surface area contributed by atoms with E-state index in [1.165, 1.54) is 0 Å². The number of aliphatic hydroxyl groups excluding tert-OH is 4. The van der Waals surface area contributed by atoms with Crippen LogP contribution in [0, 0.1) is 11.8 Å². The molecule has 1 saturated heterocycles. The van der Waals surface area contributed by atoms with Crippen molar-refractivity contribution in [3.8, 4) is 0 Å². The quantitative estimate of drug-likeness (QED) is 0.0192. The molecule has 1 fully saturated rings. The van der Waals surface area contributed by atoms with Crippen molar-refractivity contribution in [3.63, 3.8) is 0 Å². The van der Waals surface area contributed by atoms with Crippen LogP contribution in [0.25, 0.3) is 0 Å². The van der Waals surface area contributed by atoms with E-state index in [9.17, 15) is 44.4 Å². The van der Waals surface area contributed by atoms with Crippen LogP contribution in [0.5, 0.6) is 0 Å². The molecule has 4 atom stereocenters. The Morgan fingerprint density at radius 3 is 1.14 bits per heavy atom. The molecule has 0 saturated carbocycles. The molecular weight excluding hydrogens is 1110 g/mol. The van der Waals surface area contributed by atoms with Crippen LogP contribution in [0.1, 0.15) is 221 Å². The van der Waals surface area contributed by atoms with Gasteiger partial charge in [0.15, 0.2) is 0 Å². The Bertz CT molecular complexity index is 1530. The van der Waals surface area contributed by atoms with Gasteiger partial charge in [-0.3, -0.25) is 43.6 Å². The minimum atomic E-state index is -0.569. The molecule has 18 nitrogen and oxygen atoms in total. The second-order valence-electron chi connectivity index (χ2n) is 23.2. The molecular formula is C64H122N4O14S2. The first kappa shape index (κ1) is 79.7. The fourth-order valence-corrected chi connectivity index (χ4v) is 12.5. The molecule has 1 aliphatic heterocycles. The molecule has 1 heterocycles. The van der Waals surface area contributed by atoms with Crippen LogP contribution in [-0.2, 0) is 47.7 Å². The summed E-state index contributed by atoms with van der Waals surface area (Å²) in [6.45, 7) is 22.7. The van der Waals surface area contributed by atoms with Gasteiger partial charge in [-0.2, -0.15) is 0 Å². The Morgan fingerprint density at radius 2 is 0.726 bits per heavy atom. The van der Waals surface area contributed by atoms with Crippen LogP contribution >= 0.6 is 21.6 Å². The summed E-state index contributed by atoms with van der Waals surface area (Å²) in [4.78, 5) is 69.8. The molecule has 20 heteroatoms. The number of aliphatic hydroxyl groups is 4. The number of ether oxygens (including phenoxy) is 5. The van der Waals surface area contributed by atoms with Crippen molar-refractivity contribution < 1.29 is 68.1 Å². The maximum atomic E-state index is 12.9. The van der Waals surface area contributed by atoms with Gasteiger partial charge in [0, 0.05) is 109 Å². The van der Waals surface area contributed by atoms with Crippen molar-refractivity contribution in [2.45, 2.75) is 246 Å². The molecule has 494 valence electrons. The number of carbonyl (C=O) groups is 5. The van der Waals surface area contributed by atoms with Crippen LogP contribution in [0.15, 0.2) is 0 Å². The first-order valence-electron chi connectivity index (χ1n) is 33.3. The maximum absolute atomic E-state index is 12.9. The molecule has 1 aliphatic rings. The number of hydrogen-bond acceptors (Lipinski definition) is 20. The third-order valence-corrected chi connectivity index (χ3v) is 18.4. The molecule has 0 aliphatic carbocycles. The molecule has 0 aromatic rings. The van der Waals surface area contributed by atoms with Gasteiger partial charge in [-0.15, -0.1) is 0 Å². The Labute approximate surface area is 517 Å². The van der Waals surface area contributed by atoms with E-state index in [2.05, 4.69) is 47.3 Å². The molecule has 84 heavy (non-hydrogen) atoms. The standard InChI is InChI=1S/C64H122N4O14S2/c1-7-54(8-2)52-81-63(76)32-19-15-13-17-28-56(69)50-68(51-57(70)29-18-14-16-20-33-64(77)82-53-55(9-3)10-4)38-27-36-62(75)80-45-43-65-39-41-66(42-40-65)44-47-84-83-46-26-25-37-67(48-58(71)30-21-23-34-60(73)78-11-5)49-59(72)31-22-24-35-61(74)79-12-6/h54-59,69-72H,7-53H2,1-6H3. The van der Waals surface area contributed by atoms with Crippen molar-refractivity contribution in [2.24, 2.45) is 11.8 Å². The lowest BCUT2D eigenvalue weighted by molar-refractivity contribution is -0.146. The summed E-state index contributed by atoms with van der Waals surface area (Å²) in [5.74, 6) is 1.98. The summed E-state index contributed by atoms with van der Waals surface area (Å²) in [5, 5.41) is 43.9. The number of nitrogens with zero attached hydrogens (tertiary/aromatic N) is 4. The highest BCUT2D eigenvalue weighted by atomic mass is 33.1. The predicted molar refractivity (Wildman–Crippen MR) is 340 cm³/mol. The van der Waals surface area contributed by atoms with Crippen LogP contribution < -0.4 is 0 Å². The van der Waals surface area contributed by atoms with Gasteiger partial charge in [-0.1, -0.05) is 126 Å². The van der Waals surface area contributed by atoms with E-state index in [4.69, 9.17) is 23.7 Å². The summed E-state index contributed by atoms with van der Waals surface area (Å²) in [6, 6.07) is 0. The van der Waals surface area contributed by atoms with Gasteiger partial charge in [0.1, 0.15) is 6.61 Å². The maximum Gasteiger partial charge on any atom is 0.305 e. The molecule has 0 amide bonds. The van der Waals surface area contributed by atoms with Gasteiger partial charge in [-0.05, 0) is 109 Å². The van der Waals surface area contributed by atoms with Crippen molar-refractivity contribution in [3.05, 3.63) is 0 Å². The Morgan fingerprint density at radius 1 is 0.393 bits per heavy atom. The fraction of sp³-hybridized carbons (Fsp3) is 0.922. The highest BCUT2D eigenvalue weighted by molar-refractivity contribution is 8.76. The second kappa shape index (κ2) is 54.8. The van der Waals surface area contributed by atoms with E-state index < -0.39 is 24.4 Å². The SMILES string of the molecule is CCOC(=O)CCCCC(O)CN(CCCCSSCCN1CCN(CCOC(=O)CCCN(CC(O)CCCCCCC(=O)OCC(CC)CC)CC(O)CCCCCCC(=O)OCC(CC)CC)CC1)CC(O)CCCCC(=O)OCC. The summed E-state index contributed by atoms with van der Waals surface area (Å²) < 4.78 is 26.6. The average Bonchev–Trinajstić information content (AvgIpc) is 3.54. The smallest absolute Gasteiger partial charge is 0.305 e. The van der Waals surface area contributed by atoms with Crippen molar-refractivity contribution in [1.29, 1.82) is 0 Å². The number of esters is 5. The molecule has 1 rings (SSSR count). The monoisotopic (exact) mass is 1230 g/mol. The summed E-state index contributed by atoms with van der Waals surface area (Å²) in [6.07, 6.45) is 18.2. The Kier molecular flexibility index (Phi) is 52.1. The van der Waals surface area contributed by atoms with Gasteiger partial charge in [0.05, 0.1) is 50.8 Å². The predicted octanol–water partition coefficient (Wildman–Crippen LogP) is 10.0. The number of rotatable bonds is 58. The van der Waals surface area contributed by atoms with E-state index in [1.807, 2.05) is 21.6 Å². The second-order valence-corrected chi connectivity index (χ2v) is 25.9. The lowest BCUT2D eigenvalue weighted by Gasteiger charge is -2.34. The summed E-state index contributed by atoms with van der Waals surface area (Å²) >= 11 is 0. The zero-order valence-corrected chi connectivity index (χ0v) is 55.3. The molecule has 0 aromatic carbocycles. The number of piperazine rings is 1. The molecule has 4 unspecified atom stereocenters. The van der Waals surface area contributed by atoms with Crippen molar-refractivity contribution >= 4 is 51.4 Å². The zero-order valence-electron chi connectivity index (χ0n) is 53.7. The summed E-state index contributed by atoms with van der Waals surface area (Å²) in [5.41, 5.74) is 0. The van der Waals surface area contributed by atoms with E-state index in [0.29, 0.717) is 155 Å². The minimum Gasteiger partial charge on any atom is -0.466 e. The Balaban J connectivity index is 2.44. The molecule has 0 radical (unpaired) electrons. The molecule has 4 N–H and O–H groups in total. The van der Waals surface area contributed by atoms with Crippen LogP contribution in [-0.4, -0.2) is 217 Å². The number of hydrogen-bond donors (Lipinski definition) is 4. The van der Waals surface area contributed by atoms with Crippen molar-refractivity contribution in [2.75, 3.05) is 123 Å². The normalized spacial score (nSPS) is 14.7. The van der Waals surface area contributed by atoms with Crippen LogP contribution in [0.2, 0.25) is 0 Å². The van der Waals surface area contributed by atoms with Gasteiger partial charge in [-0.25, -0.2) is 0 Å². The van der Waals surface area contributed by atoms with Gasteiger partial charge in [0.2, 0.25) is 0 Å². The van der Waals surface area contributed by atoms with Gasteiger partial charge >= 0.3 is 29.8 Å². The van der Waals surface area contributed by atoms with E-state index in [0.717, 1.165) is 154 Å². The number of carbonyl (C=O) groups excluding carboxylic acids is 5. The highest BCUT2D eigenvalue weighted by Crippen LogP contribution is 2.23. The van der Waals surface area contributed by atoms with Crippen LogP contribution in [0.3, 0.4) is 0 Å². The minimum absolute atomic E-state index is 0.133. The van der Waals surface area contributed by atoms with Gasteiger partial charge in [0.25, 0.3) is 0 Å². The average molecular weight is 1240 g/mol. The number of unbranched alkanes of at least 4 members (excludes halogenated alkanes) is 9. The largest absolute Gasteiger partial charge is 0.466 e. The highest BCUT2D eigenvalue weighted by Gasteiger charge is 2.21. The third-order valence-electron chi connectivity index (χ3n) is 15.9. The molecule has 0 spiro atoms. The molecule has 0 bridgehead atoms. The van der Waals surface area contributed by atoms with Crippen LogP contribution in [0.4, 0.5) is 0 Å². The lowest BCUT2D eigenvalue weighted by atomic mass is 10.1. The molecule has 0 aromatic heterocycles. The topological polar surface area (TPSA) is 225 Å². The zero-order chi connectivity index (χ0) is 61.8. The van der Waals surface area contributed by atoms with E-state index >= 15 is 0 Å². The van der Waals surface area contributed by atoms with E-state index in [-0.39, 0.29) is 36.3 Å². The lowest BCUT2D eigenvalue weighted by Crippen LogP contribution is -2.47. The Hall–Kier alpha value is -2.27. The van der Waals surface area contributed by atoms with Crippen molar-refractivity contribution in [1.82, 2.24) is 19.6 Å². The summed E-state index contributed by atoms with van der Waals surface area (Å²) in [7, 11) is 3.79. The first-order valence-corrected chi connectivity index (χ1v) is 35.8. The third kappa shape index (κ3) is 46.8.